The maximum atomic E-state index is 5.16. The van der Waals surface area contributed by atoms with Gasteiger partial charge in [0, 0.05) is 48.0 Å². The molecule has 184 valence electrons. The zero-order valence-electron chi connectivity index (χ0n) is 21.0. The molecule has 1 N–H and O–H groups in total. The Hall–Kier alpha value is -4.86. The van der Waals surface area contributed by atoms with E-state index in [2.05, 4.69) is 80.1 Å². The van der Waals surface area contributed by atoms with Gasteiger partial charge in [-0.2, -0.15) is 10.2 Å². The monoisotopic (exact) mass is 490 g/mol. The van der Waals surface area contributed by atoms with Gasteiger partial charge in [0.05, 0.1) is 22.9 Å². The summed E-state index contributed by atoms with van der Waals surface area (Å²) in [6, 6.07) is 14.2. The largest absolute Gasteiger partial charge is 0.324 e. The summed E-state index contributed by atoms with van der Waals surface area (Å²) in [6.07, 6.45) is 10.5. The summed E-state index contributed by atoms with van der Waals surface area (Å²) < 4.78 is 5.85. The first-order valence-electron chi connectivity index (χ1n) is 11.9. The summed E-state index contributed by atoms with van der Waals surface area (Å²) in [6.45, 7) is 6.55. The second-order valence-electron chi connectivity index (χ2n) is 9.82. The fourth-order valence-corrected chi connectivity index (χ4v) is 4.51. The SMILES string of the molecule is Cn1cc(-c2ccc(-n3cncn3)c(-c3nc4cc(Nc5ncccn5)ccc4n3C(C)(C)C)c2)cn1. The van der Waals surface area contributed by atoms with Crippen molar-refractivity contribution in [1.29, 1.82) is 0 Å². The van der Waals surface area contributed by atoms with Crippen molar-refractivity contribution in [2.24, 2.45) is 7.05 Å². The van der Waals surface area contributed by atoms with Gasteiger partial charge in [-0.25, -0.2) is 24.6 Å². The van der Waals surface area contributed by atoms with Gasteiger partial charge in [0.15, 0.2) is 0 Å². The molecule has 0 atom stereocenters. The summed E-state index contributed by atoms with van der Waals surface area (Å²) in [7, 11) is 1.92. The van der Waals surface area contributed by atoms with Crippen LogP contribution in [0.2, 0.25) is 0 Å². The zero-order valence-corrected chi connectivity index (χ0v) is 21.0. The predicted octanol–water partition coefficient (Wildman–Crippen LogP) is 4.97. The van der Waals surface area contributed by atoms with E-state index >= 15 is 0 Å². The third-order valence-corrected chi connectivity index (χ3v) is 6.09. The lowest BCUT2D eigenvalue weighted by Crippen LogP contribution is -2.23. The Bertz CT molecular complexity index is 1690. The van der Waals surface area contributed by atoms with Crippen LogP contribution in [0.4, 0.5) is 11.6 Å². The molecule has 0 aliphatic carbocycles. The van der Waals surface area contributed by atoms with Crippen LogP contribution in [0.1, 0.15) is 20.8 Å². The van der Waals surface area contributed by atoms with E-state index in [0.29, 0.717) is 5.95 Å². The molecule has 0 fully saturated rings. The number of rotatable bonds is 5. The number of nitrogens with zero attached hydrogens (tertiary/aromatic N) is 9. The highest BCUT2D eigenvalue weighted by Gasteiger charge is 2.25. The fraction of sp³-hybridized carbons (Fsp3) is 0.185. The molecule has 37 heavy (non-hydrogen) atoms. The number of nitrogens with one attached hydrogen (secondary N) is 1. The Kier molecular flexibility index (Phi) is 5.29. The quantitative estimate of drug-likeness (QED) is 0.364. The molecule has 0 amide bonds. The molecule has 0 saturated carbocycles. The first-order valence-corrected chi connectivity index (χ1v) is 11.9. The second kappa shape index (κ2) is 8.66. The van der Waals surface area contributed by atoms with Gasteiger partial charge in [-0.1, -0.05) is 6.07 Å². The van der Waals surface area contributed by atoms with Gasteiger partial charge in [0.25, 0.3) is 0 Å². The average Bonchev–Trinajstić information content (AvgIpc) is 3.63. The number of fused-ring (bicyclic) bond motifs is 1. The lowest BCUT2D eigenvalue weighted by atomic mass is 10.0. The normalized spacial score (nSPS) is 11.8. The Morgan fingerprint density at radius 2 is 1.76 bits per heavy atom. The first kappa shape index (κ1) is 22.6. The molecule has 0 spiro atoms. The van der Waals surface area contributed by atoms with Gasteiger partial charge in [-0.05, 0) is 62.7 Å². The number of hydrogen-bond acceptors (Lipinski definition) is 7. The van der Waals surface area contributed by atoms with Crippen molar-refractivity contribution in [2.75, 3.05) is 5.32 Å². The lowest BCUT2D eigenvalue weighted by molar-refractivity contribution is 0.413. The van der Waals surface area contributed by atoms with E-state index < -0.39 is 0 Å². The van der Waals surface area contributed by atoms with Gasteiger partial charge in [-0.15, -0.1) is 0 Å². The molecule has 0 aliphatic heterocycles. The third kappa shape index (κ3) is 4.22. The lowest BCUT2D eigenvalue weighted by Gasteiger charge is -2.25. The van der Waals surface area contributed by atoms with Crippen molar-refractivity contribution in [3.63, 3.8) is 0 Å². The van der Waals surface area contributed by atoms with Crippen molar-refractivity contribution < 1.29 is 0 Å². The van der Waals surface area contributed by atoms with E-state index in [4.69, 9.17) is 4.98 Å². The van der Waals surface area contributed by atoms with Gasteiger partial charge in [0.1, 0.15) is 18.5 Å². The summed E-state index contributed by atoms with van der Waals surface area (Å²) in [5, 5.41) is 12.0. The van der Waals surface area contributed by atoms with Gasteiger partial charge < -0.3 is 9.88 Å². The van der Waals surface area contributed by atoms with Gasteiger partial charge >= 0.3 is 0 Å². The number of hydrogen-bond donors (Lipinski definition) is 1. The van der Waals surface area contributed by atoms with Crippen molar-refractivity contribution in [1.82, 2.24) is 44.1 Å². The Balaban J connectivity index is 1.56. The average molecular weight is 491 g/mol. The highest BCUT2D eigenvalue weighted by atomic mass is 15.3. The molecule has 4 aromatic heterocycles. The number of aryl methyl sites for hydroxylation is 1. The van der Waals surface area contributed by atoms with Gasteiger partial charge in [-0.3, -0.25) is 4.68 Å². The van der Waals surface area contributed by atoms with Crippen LogP contribution in [-0.4, -0.2) is 44.1 Å². The van der Waals surface area contributed by atoms with Crippen LogP contribution in [0, 0.1) is 0 Å². The molecule has 4 heterocycles. The van der Waals surface area contributed by atoms with E-state index in [1.165, 1.54) is 6.33 Å². The van der Waals surface area contributed by atoms with E-state index in [1.54, 1.807) is 34.2 Å². The van der Waals surface area contributed by atoms with Crippen LogP contribution in [-0.2, 0) is 12.6 Å². The minimum Gasteiger partial charge on any atom is -0.324 e. The molecule has 10 heteroatoms. The van der Waals surface area contributed by atoms with Crippen molar-refractivity contribution in [2.45, 2.75) is 26.3 Å². The molecule has 2 aromatic carbocycles. The maximum Gasteiger partial charge on any atom is 0.227 e. The Labute approximate surface area is 213 Å². The van der Waals surface area contributed by atoms with Crippen LogP contribution >= 0.6 is 0 Å². The molecule has 6 aromatic rings. The summed E-state index contributed by atoms with van der Waals surface area (Å²) >= 11 is 0. The van der Waals surface area contributed by atoms with Crippen LogP contribution in [0.3, 0.4) is 0 Å². The maximum absolute atomic E-state index is 5.16. The predicted molar refractivity (Wildman–Crippen MR) is 143 cm³/mol. The summed E-state index contributed by atoms with van der Waals surface area (Å²) in [5.41, 5.74) is 6.42. The number of anilines is 2. The highest BCUT2D eigenvalue weighted by Crippen LogP contribution is 2.37. The topological polar surface area (TPSA) is 104 Å². The first-order chi connectivity index (χ1) is 17.9. The number of imidazole rings is 1. The van der Waals surface area contributed by atoms with Crippen LogP contribution in [0.25, 0.3) is 39.2 Å². The molecule has 10 nitrogen and oxygen atoms in total. The molecule has 0 unspecified atom stereocenters. The number of benzene rings is 2. The van der Waals surface area contributed by atoms with Crippen molar-refractivity contribution in [3.8, 4) is 28.2 Å². The molecule has 0 aliphatic rings. The molecular weight excluding hydrogens is 464 g/mol. The van der Waals surface area contributed by atoms with Crippen molar-refractivity contribution >= 4 is 22.7 Å². The minimum atomic E-state index is -0.245. The van der Waals surface area contributed by atoms with Crippen LogP contribution < -0.4 is 5.32 Å². The molecule has 6 rings (SSSR count). The molecule has 0 bridgehead atoms. The highest BCUT2D eigenvalue weighted by molar-refractivity contribution is 5.87. The van der Waals surface area contributed by atoms with E-state index in [9.17, 15) is 0 Å². The minimum absolute atomic E-state index is 0.245. The van der Waals surface area contributed by atoms with Gasteiger partial charge in [0.2, 0.25) is 5.95 Å². The third-order valence-electron chi connectivity index (χ3n) is 6.09. The molecular formula is C27H26N10. The van der Waals surface area contributed by atoms with E-state index in [1.807, 2.05) is 31.6 Å². The van der Waals surface area contributed by atoms with Crippen molar-refractivity contribution in [3.05, 3.63) is 79.9 Å². The van der Waals surface area contributed by atoms with E-state index in [-0.39, 0.29) is 5.54 Å². The smallest absolute Gasteiger partial charge is 0.227 e. The summed E-state index contributed by atoms with van der Waals surface area (Å²) in [4.78, 5) is 17.9. The number of aromatic nitrogens is 9. The Morgan fingerprint density at radius 3 is 2.46 bits per heavy atom. The fourth-order valence-electron chi connectivity index (χ4n) is 4.51. The summed E-state index contributed by atoms with van der Waals surface area (Å²) in [5.74, 6) is 1.38. The molecule has 0 saturated heterocycles. The Morgan fingerprint density at radius 1 is 0.919 bits per heavy atom. The van der Waals surface area contributed by atoms with E-state index in [0.717, 1.165) is 44.9 Å². The van der Waals surface area contributed by atoms with Crippen LogP contribution in [0.15, 0.2) is 79.9 Å². The second-order valence-corrected chi connectivity index (χ2v) is 9.82. The molecule has 0 radical (unpaired) electrons. The van der Waals surface area contributed by atoms with Crippen LogP contribution in [0.5, 0.6) is 0 Å². The zero-order chi connectivity index (χ0) is 25.6. The standard InChI is InChI=1S/C27H26N10/c1-27(2,3)37-24-9-7-20(33-26-29-10-5-11-30-26)13-22(24)34-25(37)21-12-18(19-14-31-35(4)15-19)6-8-23(21)36-17-28-16-32-36/h5-17H,1-4H3,(H,29,30,33).